The molecule has 0 saturated heterocycles. The number of carbonyl (C=O) groups is 1. The second-order valence-corrected chi connectivity index (χ2v) is 4.77. The van der Waals surface area contributed by atoms with Gasteiger partial charge < -0.3 is 10.6 Å². The van der Waals surface area contributed by atoms with E-state index in [1.165, 1.54) is 0 Å². The summed E-state index contributed by atoms with van der Waals surface area (Å²) >= 11 is 0. The van der Waals surface area contributed by atoms with Crippen molar-refractivity contribution in [3.8, 4) is 6.07 Å². The molecule has 0 aliphatic rings. The molecule has 0 aliphatic heterocycles. The lowest BCUT2D eigenvalue weighted by molar-refractivity contribution is -0.117. The standard InChI is InChI=1S/C15H22N4O/c1-17-10-3-11-19(2)12-15(20)18-14-6-4-13(5-7-14)8-9-16/h4-7,17H,3,8,10-12H2,1-2H3,(H,18,20). The Hall–Kier alpha value is -1.90. The molecule has 108 valence electrons. The van der Waals surface area contributed by atoms with E-state index < -0.39 is 0 Å². The summed E-state index contributed by atoms with van der Waals surface area (Å²) in [4.78, 5) is 13.8. The lowest BCUT2D eigenvalue weighted by atomic mass is 10.1. The van der Waals surface area contributed by atoms with Crippen LogP contribution in [0.15, 0.2) is 24.3 Å². The molecule has 1 amide bonds. The zero-order valence-electron chi connectivity index (χ0n) is 12.1. The van der Waals surface area contributed by atoms with Crippen LogP contribution in [0, 0.1) is 11.3 Å². The van der Waals surface area contributed by atoms with Crippen LogP contribution >= 0.6 is 0 Å². The van der Waals surface area contributed by atoms with Crippen molar-refractivity contribution in [2.45, 2.75) is 12.8 Å². The molecule has 1 aromatic rings. The molecule has 5 heteroatoms. The molecule has 0 unspecified atom stereocenters. The molecule has 5 nitrogen and oxygen atoms in total. The van der Waals surface area contributed by atoms with Crippen molar-refractivity contribution in [3.63, 3.8) is 0 Å². The van der Waals surface area contributed by atoms with Gasteiger partial charge in [0.2, 0.25) is 5.91 Å². The van der Waals surface area contributed by atoms with Gasteiger partial charge in [0.05, 0.1) is 19.0 Å². The van der Waals surface area contributed by atoms with Crippen LogP contribution in [0.3, 0.4) is 0 Å². The fourth-order valence-corrected chi connectivity index (χ4v) is 1.85. The molecule has 1 rings (SSSR count). The summed E-state index contributed by atoms with van der Waals surface area (Å²) in [6.07, 6.45) is 1.41. The van der Waals surface area contributed by atoms with Gasteiger partial charge in [0, 0.05) is 5.69 Å². The van der Waals surface area contributed by atoms with E-state index in [-0.39, 0.29) is 5.91 Å². The maximum absolute atomic E-state index is 11.8. The van der Waals surface area contributed by atoms with Crippen molar-refractivity contribution in [3.05, 3.63) is 29.8 Å². The van der Waals surface area contributed by atoms with Crippen LogP contribution in [0.5, 0.6) is 0 Å². The second-order valence-electron chi connectivity index (χ2n) is 4.77. The first-order chi connectivity index (χ1) is 9.65. The Kier molecular flexibility index (Phi) is 7.33. The van der Waals surface area contributed by atoms with Crippen LogP contribution in [0.25, 0.3) is 0 Å². The van der Waals surface area contributed by atoms with E-state index in [0.717, 1.165) is 30.8 Å². The van der Waals surface area contributed by atoms with Gasteiger partial charge in [-0.25, -0.2) is 0 Å². The van der Waals surface area contributed by atoms with Crippen LogP contribution < -0.4 is 10.6 Å². The van der Waals surface area contributed by atoms with Crippen molar-refractivity contribution in [1.29, 1.82) is 5.26 Å². The largest absolute Gasteiger partial charge is 0.325 e. The first kappa shape index (κ1) is 16.2. The Morgan fingerprint density at radius 3 is 2.65 bits per heavy atom. The van der Waals surface area contributed by atoms with Gasteiger partial charge in [-0.3, -0.25) is 9.69 Å². The van der Waals surface area contributed by atoms with Crippen LogP contribution in [-0.4, -0.2) is 44.5 Å². The molecular weight excluding hydrogens is 252 g/mol. The minimum absolute atomic E-state index is 0.0232. The van der Waals surface area contributed by atoms with E-state index in [2.05, 4.69) is 16.7 Å². The molecule has 0 bridgehead atoms. The minimum Gasteiger partial charge on any atom is -0.325 e. The highest BCUT2D eigenvalue weighted by Crippen LogP contribution is 2.09. The normalized spacial score (nSPS) is 10.3. The molecule has 0 aromatic heterocycles. The molecule has 0 fully saturated rings. The summed E-state index contributed by atoms with van der Waals surface area (Å²) in [6.45, 7) is 2.21. The smallest absolute Gasteiger partial charge is 0.238 e. The summed E-state index contributed by atoms with van der Waals surface area (Å²) in [5, 5.41) is 14.5. The lowest BCUT2D eigenvalue weighted by Gasteiger charge is -2.16. The van der Waals surface area contributed by atoms with Gasteiger partial charge in [0.1, 0.15) is 0 Å². The van der Waals surface area contributed by atoms with Crippen LogP contribution in [0.1, 0.15) is 12.0 Å². The number of carbonyl (C=O) groups excluding carboxylic acids is 1. The number of hydrogen-bond donors (Lipinski definition) is 2. The molecule has 0 saturated carbocycles. The Morgan fingerprint density at radius 2 is 2.05 bits per heavy atom. The molecule has 0 radical (unpaired) electrons. The van der Waals surface area contributed by atoms with E-state index in [1.54, 1.807) is 0 Å². The van der Waals surface area contributed by atoms with Gasteiger partial charge in [0.15, 0.2) is 0 Å². The number of rotatable bonds is 8. The fraction of sp³-hybridized carbons (Fsp3) is 0.467. The molecule has 1 aromatic carbocycles. The summed E-state index contributed by atoms with van der Waals surface area (Å²) in [7, 11) is 3.86. The van der Waals surface area contributed by atoms with E-state index in [4.69, 9.17) is 5.26 Å². The van der Waals surface area contributed by atoms with E-state index in [0.29, 0.717) is 13.0 Å². The molecular formula is C15H22N4O. The number of hydrogen-bond acceptors (Lipinski definition) is 4. The van der Waals surface area contributed by atoms with Gasteiger partial charge in [-0.15, -0.1) is 0 Å². The third-order valence-electron chi connectivity index (χ3n) is 2.90. The predicted octanol–water partition coefficient (Wildman–Crippen LogP) is 1.23. The van der Waals surface area contributed by atoms with Crippen LogP contribution in [0.4, 0.5) is 5.69 Å². The van der Waals surface area contributed by atoms with Gasteiger partial charge in [0.25, 0.3) is 0 Å². The van der Waals surface area contributed by atoms with Crippen molar-refractivity contribution in [2.75, 3.05) is 39.0 Å². The first-order valence-corrected chi connectivity index (χ1v) is 6.74. The Bertz CT molecular complexity index is 450. The van der Waals surface area contributed by atoms with Crippen molar-refractivity contribution >= 4 is 11.6 Å². The van der Waals surface area contributed by atoms with Crippen molar-refractivity contribution < 1.29 is 4.79 Å². The summed E-state index contributed by atoms with van der Waals surface area (Å²) < 4.78 is 0. The van der Waals surface area contributed by atoms with E-state index >= 15 is 0 Å². The lowest BCUT2D eigenvalue weighted by Crippen LogP contribution is -2.31. The quantitative estimate of drug-likeness (QED) is 0.700. The fourth-order valence-electron chi connectivity index (χ4n) is 1.85. The Morgan fingerprint density at radius 1 is 1.35 bits per heavy atom. The number of amides is 1. The molecule has 0 aliphatic carbocycles. The van der Waals surface area contributed by atoms with E-state index in [1.807, 2.05) is 43.3 Å². The zero-order valence-corrected chi connectivity index (χ0v) is 12.1. The highest BCUT2D eigenvalue weighted by Gasteiger charge is 2.06. The Labute approximate surface area is 120 Å². The molecule has 0 spiro atoms. The highest BCUT2D eigenvalue weighted by atomic mass is 16.2. The zero-order chi connectivity index (χ0) is 14.8. The number of nitrogens with zero attached hydrogens (tertiary/aromatic N) is 2. The second kappa shape index (κ2) is 9.08. The highest BCUT2D eigenvalue weighted by molar-refractivity contribution is 5.92. The molecule has 0 atom stereocenters. The third kappa shape index (κ3) is 6.32. The number of likely N-dealkylation sites (N-methyl/N-ethyl adjacent to an activating group) is 1. The minimum atomic E-state index is -0.0232. The SMILES string of the molecule is CNCCCN(C)CC(=O)Nc1ccc(CC#N)cc1. The van der Waals surface area contributed by atoms with Crippen LogP contribution in [0.2, 0.25) is 0 Å². The number of nitrogens with one attached hydrogen (secondary N) is 2. The van der Waals surface area contributed by atoms with Crippen LogP contribution in [-0.2, 0) is 11.2 Å². The average molecular weight is 274 g/mol. The monoisotopic (exact) mass is 274 g/mol. The first-order valence-electron chi connectivity index (χ1n) is 6.74. The van der Waals surface area contributed by atoms with Crippen molar-refractivity contribution in [2.24, 2.45) is 0 Å². The number of benzene rings is 1. The van der Waals surface area contributed by atoms with Gasteiger partial charge >= 0.3 is 0 Å². The Balaban J connectivity index is 2.36. The molecule has 0 heterocycles. The number of anilines is 1. The summed E-state index contributed by atoms with van der Waals surface area (Å²) in [6, 6.07) is 9.46. The topological polar surface area (TPSA) is 68.2 Å². The third-order valence-corrected chi connectivity index (χ3v) is 2.90. The van der Waals surface area contributed by atoms with E-state index in [9.17, 15) is 4.79 Å². The van der Waals surface area contributed by atoms with Gasteiger partial charge in [-0.1, -0.05) is 12.1 Å². The number of nitriles is 1. The summed E-state index contributed by atoms with van der Waals surface area (Å²) in [5.41, 5.74) is 1.72. The molecule has 20 heavy (non-hydrogen) atoms. The van der Waals surface area contributed by atoms with Gasteiger partial charge in [-0.2, -0.15) is 5.26 Å². The van der Waals surface area contributed by atoms with Gasteiger partial charge in [-0.05, 0) is 51.3 Å². The maximum Gasteiger partial charge on any atom is 0.238 e. The van der Waals surface area contributed by atoms with Crippen molar-refractivity contribution in [1.82, 2.24) is 10.2 Å². The summed E-state index contributed by atoms with van der Waals surface area (Å²) in [5.74, 6) is -0.0232. The predicted molar refractivity (Wildman–Crippen MR) is 80.4 cm³/mol. The molecule has 2 N–H and O–H groups in total. The maximum atomic E-state index is 11.8. The average Bonchev–Trinajstić information content (AvgIpc) is 2.41.